The molecule has 0 bridgehead atoms. The van der Waals surface area contributed by atoms with E-state index in [-0.39, 0.29) is 12.3 Å². The summed E-state index contributed by atoms with van der Waals surface area (Å²) in [7, 11) is 0. The number of benzene rings is 2. The Labute approximate surface area is 128 Å². The van der Waals surface area contributed by atoms with E-state index < -0.39 is 0 Å². The summed E-state index contributed by atoms with van der Waals surface area (Å²) in [4.78, 5) is 10.6. The van der Waals surface area contributed by atoms with Gasteiger partial charge in [-0.15, -0.1) is 0 Å². The summed E-state index contributed by atoms with van der Waals surface area (Å²) in [5.74, 6) is 0.351. The molecular weight excluding hydrogens is 288 g/mol. The second kappa shape index (κ2) is 7.55. The van der Waals surface area contributed by atoms with E-state index in [1.807, 2.05) is 48.5 Å². The molecule has 0 saturated carbocycles. The van der Waals surface area contributed by atoms with Crippen molar-refractivity contribution >= 4 is 23.2 Å². The number of hydrogen-bond donors (Lipinski definition) is 2. The molecule has 2 aromatic rings. The quantitative estimate of drug-likeness (QED) is 0.825. The van der Waals surface area contributed by atoms with Crippen molar-refractivity contribution in [2.45, 2.75) is 13.0 Å². The van der Waals surface area contributed by atoms with Crippen LogP contribution in [0.25, 0.3) is 0 Å². The Hall–Kier alpha value is -2.20. The molecule has 1 amide bonds. The lowest BCUT2D eigenvalue weighted by atomic mass is 10.2. The number of nitrogens with one attached hydrogen (secondary N) is 1. The van der Waals surface area contributed by atoms with Gasteiger partial charge < -0.3 is 15.8 Å². The fraction of sp³-hybridized carbons (Fsp3) is 0.188. The van der Waals surface area contributed by atoms with Crippen molar-refractivity contribution in [1.29, 1.82) is 0 Å². The average molecular weight is 305 g/mol. The van der Waals surface area contributed by atoms with Gasteiger partial charge >= 0.3 is 0 Å². The summed E-state index contributed by atoms with van der Waals surface area (Å²) in [6.45, 7) is 1.02. The molecule has 0 aliphatic rings. The lowest BCUT2D eigenvalue weighted by Gasteiger charge is -2.09. The van der Waals surface area contributed by atoms with Gasteiger partial charge in [0.1, 0.15) is 5.75 Å². The van der Waals surface area contributed by atoms with E-state index in [1.54, 1.807) is 0 Å². The van der Waals surface area contributed by atoms with Crippen LogP contribution in [0.4, 0.5) is 5.69 Å². The third-order valence-corrected chi connectivity index (χ3v) is 3.13. The maximum absolute atomic E-state index is 10.6. The van der Waals surface area contributed by atoms with E-state index >= 15 is 0 Å². The number of halogens is 1. The van der Waals surface area contributed by atoms with Crippen LogP contribution in [-0.4, -0.2) is 12.5 Å². The number of primary amides is 1. The third-order valence-electron chi connectivity index (χ3n) is 2.88. The first kappa shape index (κ1) is 15.2. The third kappa shape index (κ3) is 5.36. The van der Waals surface area contributed by atoms with Gasteiger partial charge in [0.25, 0.3) is 0 Å². The highest BCUT2D eigenvalue weighted by molar-refractivity contribution is 6.30. The van der Waals surface area contributed by atoms with Crippen LogP contribution in [0.3, 0.4) is 0 Å². The number of carbonyl (C=O) groups is 1. The predicted molar refractivity (Wildman–Crippen MR) is 84.5 cm³/mol. The first-order valence-corrected chi connectivity index (χ1v) is 7.01. The molecule has 5 heteroatoms. The number of nitrogens with two attached hydrogens (primary N) is 1. The number of ether oxygens (including phenoxy) is 1. The minimum absolute atomic E-state index is 0.219. The highest BCUT2D eigenvalue weighted by atomic mass is 35.5. The van der Waals surface area contributed by atoms with E-state index in [1.165, 1.54) is 0 Å². The maximum atomic E-state index is 10.6. The second-order valence-corrected chi connectivity index (χ2v) is 5.01. The zero-order valence-electron chi connectivity index (χ0n) is 11.5. The molecule has 0 fully saturated rings. The van der Waals surface area contributed by atoms with Crippen LogP contribution in [0.5, 0.6) is 5.75 Å². The summed E-state index contributed by atoms with van der Waals surface area (Å²) in [6, 6.07) is 15.3. The van der Waals surface area contributed by atoms with Gasteiger partial charge in [-0.3, -0.25) is 4.79 Å². The molecule has 2 rings (SSSR count). The van der Waals surface area contributed by atoms with Crippen LogP contribution in [0.2, 0.25) is 5.02 Å². The van der Waals surface area contributed by atoms with E-state index in [0.29, 0.717) is 12.4 Å². The lowest BCUT2D eigenvalue weighted by Crippen LogP contribution is -2.14. The molecule has 0 heterocycles. The monoisotopic (exact) mass is 304 g/mol. The van der Waals surface area contributed by atoms with Crippen molar-refractivity contribution in [2.75, 3.05) is 11.9 Å². The molecule has 0 atom stereocenters. The van der Waals surface area contributed by atoms with Crippen LogP contribution in [0.1, 0.15) is 12.0 Å². The summed E-state index contributed by atoms with van der Waals surface area (Å²) < 4.78 is 5.40. The van der Waals surface area contributed by atoms with Gasteiger partial charge in [-0.05, 0) is 42.0 Å². The van der Waals surface area contributed by atoms with Crippen molar-refractivity contribution in [3.05, 3.63) is 59.1 Å². The van der Waals surface area contributed by atoms with E-state index in [4.69, 9.17) is 22.1 Å². The van der Waals surface area contributed by atoms with Gasteiger partial charge in [0.05, 0.1) is 13.0 Å². The number of carbonyl (C=O) groups excluding carboxylic acids is 1. The van der Waals surface area contributed by atoms with Gasteiger partial charge in [-0.2, -0.15) is 0 Å². The number of amides is 1. The van der Waals surface area contributed by atoms with Gasteiger partial charge in [0, 0.05) is 17.3 Å². The van der Waals surface area contributed by atoms with Crippen LogP contribution in [0.15, 0.2) is 48.5 Å². The van der Waals surface area contributed by atoms with Crippen molar-refractivity contribution in [3.8, 4) is 5.75 Å². The summed E-state index contributed by atoms with van der Waals surface area (Å²) in [5.41, 5.74) is 7.19. The van der Waals surface area contributed by atoms with Crippen LogP contribution in [0, 0.1) is 0 Å². The van der Waals surface area contributed by atoms with Crippen LogP contribution < -0.4 is 15.8 Å². The fourth-order valence-corrected chi connectivity index (χ4v) is 1.87. The molecule has 0 radical (unpaired) electrons. The Morgan fingerprint density at radius 1 is 1.10 bits per heavy atom. The molecule has 110 valence electrons. The maximum Gasteiger partial charge on any atom is 0.220 e. The first-order valence-electron chi connectivity index (χ1n) is 6.63. The molecule has 3 N–H and O–H groups in total. The molecular formula is C16H17ClN2O2. The fourth-order valence-electron chi connectivity index (χ4n) is 1.74. The molecule has 2 aromatic carbocycles. The first-order chi connectivity index (χ1) is 10.1. The van der Waals surface area contributed by atoms with Gasteiger partial charge in [0.15, 0.2) is 0 Å². The zero-order chi connectivity index (χ0) is 15.1. The Bertz CT molecular complexity index is 582. The normalized spacial score (nSPS) is 10.1. The van der Waals surface area contributed by atoms with Crippen LogP contribution in [-0.2, 0) is 11.3 Å². The molecule has 21 heavy (non-hydrogen) atoms. The smallest absolute Gasteiger partial charge is 0.220 e. The SMILES string of the molecule is NC(=O)CCOc1ccc(NCc2ccc(Cl)cc2)cc1. The van der Waals surface area contributed by atoms with E-state index in [0.717, 1.165) is 22.8 Å². The van der Waals surface area contributed by atoms with Gasteiger partial charge in [-0.25, -0.2) is 0 Å². The number of anilines is 1. The van der Waals surface area contributed by atoms with Crippen molar-refractivity contribution in [3.63, 3.8) is 0 Å². The Balaban J connectivity index is 1.81. The minimum Gasteiger partial charge on any atom is -0.493 e. The van der Waals surface area contributed by atoms with Crippen molar-refractivity contribution < 1.29 is 9.53 Å². The number of hydrogen-bond acceptors (Lipinski definition) is 3. The Morgan fingerprint density at radius 3 is 2.38 bits per heavy atom. The standard InChI is InChI=1S/C16H17ClN2O2/c17-13-3-1-12(2-4-13)11-19-14-5-7-15(8-6-14)21-10-9-16(18)20/h1-8,19H,9-11H2,(H2,18,20). The summed E-state index contributed by atoms with van der Waals surface area (Å²) in [5, 5.41) is 4.04. The highest BCUT2D eigenvalue weighted by Gasteiger charge is 1.98. The largest absolute Gasteiger partial charge is 0.493 e. The summed E-state index contributed by atoms with van der Waals surface area (Å²) >= 11 is 5.84. The summed E-state index contributed by atoms with van der Waals surface area (Å²) in [6.07, 6.45) is 0.219. The Morgan fingerprint density at radius 2 is 1.76 bits per heavy atom. The number of rotatable bonds is 7. The average Bonchev–Trinajstić information content (AvgIpc) is 2.48. The Kier molecular flexibility index (Phi) is 5.46. The molecule has 0 aromatic heterocycles. The molecule has 0 unspecified atom stereocenters. The molecule has 0 aliphatic carbocycles. The van der Waals surface area contributed by atoms with Gasteiger partial charge in [0.2, 0.25) is 5.91 Å². The topological polar surface area (TPSA) is 64.4 Å². The van der Waals surface area contributed by atoms with Gasteiger partial charge in [-0.1, -0.05) is 23.7 Å². The zero-order valence-corrected chi connectivity index (χ0v) is 12.3. The van der Waals surface area contributed by atoms with E-state index in [9.17, 15) is 4.79 Å². The predicted octanol–water partition coefficient (Wildman–Crippen LogP) is 3.21. The molecule has 0 aliphatic heterocycles. The minimum atomic E-state index is -0.365. The molecule has 4 nitrogen and oxygen atoms in total. The van der Waals surface area contributed by atoms with Crippen LogP contribution >= 0.6 is 11.6 Å². The van der Waals surface area contributed by atoms with Crippen molar-refractivity contribution in [2.24, 2.45) is 5.73 Å². The molecule has 0 saturated heterocycles. The second-order valence-electron chi connectivity index (χ2n) is 4.57. The molecule has 0 spiro atoms. The van der Waals surface area contributed by atoms with E-state index in [2.05, 4.69) is 5.32 Å². The van der Waals surface area contributed by atoms with Crippen molar-refractivity contribution in [1.82, 2.24) is 0 Å². The lowest BCUT2D eigenvalue weighted by molar-refractivity contribution is -0.118. The highest BCUT2D eigenvalue weighted by Crippen LogP contribution is 2.17.